The van der Waals surface area contributed by atoms with Gasteiger partial charge in [-0.15, -0.1) is 0 Å². The largest absolute Gasteiger partial charge is 0.391 e. The molecule has 3 rings (SSSR count). The number of carbonyl (C=O) groups is 1. The molecule has 1 fully saturated rings. The molecule has 6 nitrogen and oxygen atoms in total. The molecule has 0 saturated carbocycles. The van der Waals surface area contributed by atoms with E-state index in [1.54, 1.807) is 49.9 Å². The van der Waals surface area contributed by atoms with Gasteiger partial charge in [-0.3, -0.25) is 9.52 Å². The number of amides is 1. The number of halogens is 1. The third kappa shape index (κ3) is 4.57. The first-order valence-electron chi connectivity index (χ1n) is 9.49. The molecule has 1 aliphatic heterocycles. The van der Waals surface area contributed by atoms with Gasteiger partial charge < -0.3 is 10.0 Å². The Morgan fingerprint density at radius 3 is 2.66 bits per heavy atom. The van der Waals surface area contributed by atoms with E-state index in [9.17, 15) is 18.3 Å². The van der Waals surface area contributed by atoms with E-state index in [1.807, 2.05) is 0 Å². The number of carbonyl (C=O) groups excluding carboxylic acids is 1. The molecular weight excluding hydrogens is 412 g/mol. The average Bonchev–Trinajstić information content (AvgIpc) is 3.14. The summed E-state index contributed by atoms with van der Waals surface area (Å²) in [4.78, 5) is 14.7. The van der Waals surface area contributed by atoms with Crippen LogP contribution in [0.5, 0.6) is 0 Å². The molecule has 0 aromatic heterocycles. The Morgan fingerprint density at radius 1 is 1.24 bits per heavy atom. The second-order valence-electron chi connectivity index (χ2n) is 7.50. The highest BCUT2D eigenvalue weighted by Gasteiger charge is 2.32. The van der Waals surface area contributed by atoms with E-state index in [4.69, 9.17) is 11.6 Å². The molecule has 0 spiro atoms. The van der Waals surface area contributed by atoms with Gasteiger partial charge >= 0.3 is 0 Å². The van der Waals surface area contributed by atoms with Crippen molar-refractivity contribution in [2.24, 2.45) is 0 Å². The minimum Gasteiger partial charge on any atom is -0.391 e. The lowest BCUT2D eigenvalue weighted by Crippen LogP contribution is -2.41. The van der Waals surface area contributed by atoms with Crippen molar-refractivity contribution in [2.45, 2.75) is 50.7 Å². The van der Waals surface area contributed by atoms with Crippen molar-refractivity contribution >= 4 is 33.2 Å². The van der Waals surface area contributed by atoms with Gasteiger partial charge in [0.05, 0.1) is 17.0 Å². The minimum atomic E-state index is -3.84. The number of nitrogens with zero attached hydrogens (tertiary/aromatic N) is 1. The van der Waals surface area contributed by atoms with Crippen molar-refractivity contribution in [1.82, 2.24) is 4.90 Å². The maximum Gasteiger partial charge on any atom is 0.262 e. The Labute approximate surface area is 176 Å². The van der Waals surface area contributed by atoms with Crippen LogP contribution in [0.3, 0.4) is 0 Å². The van der Waals surface area contributed by atoms with Gasteiger partial charge in [0.25, 0.3) is 15.9 Å². The van der Waals surface area contributed by atoms with Crippen molar-refractivity contribution in [3.05, 3.63) is 58.1 Å². The van der Waals surface area contributed by atoms with Crippen LogP contribution in [0.2, 0.25) is 5.02 Å². The Balaban J connectivity index is 1.86. The third-order valence-electron chi connectivity index (χ3n) is 5.22. The van der Waals surface area contributed by atoms with Gasteiger partial charge in [-0.25, -0.2) is 8.42 Å². The number of likely N-dealkylation sites (tertiary alicyclic amines) is 1. The highest BCUT2D eigenvalue weighted by Crippen LogP contribution is 2.27. The van der Waals surface area contributed by atoms with Crippen LogP contribution in [0.15, 0.2) is 41.3 Å². The summed E-state index contributed by atoms with van der Waals surface area (Å²) in [7, 11) is -3.84. The Morgan fingerprint density at radius 2 is 1.97 bits per heavy atom. The fraction of sp³-hybridized carbons (Fsp3) is 0.381. The third-order valence-corrected chi connectivity index (χ3v) is 7.15. The molecule has 2 N–H and O–H groups in total. The summed E-state index contributed by atoms with van der Waals surface area (Å²) in [6.45, 7) is 5.68. The molecule has 0 aliphatic carbocycles. The fourth-order valence-electron chi connectivity index (χ4n) is 3.68. The maximum absolute atomic E-state index is 12.9. The van der Waals surface area contributed by atoms with E-state index in [2.05, 4.69) is 4.72 Å². The van der Waals surface area contributed by atoms with Crippen LogP contribution >= 0.6 is 11.6 Å². The number of rotatable bonds is 5. The number of aryl methyl sites for hydroxylation is 2. The summed E-state index contributed by atoms with van der Waals surface area (Å²) in [5.74, 6) is -0.215. The van der Waals surface area contributed by atoms with E-state index in [0.29, 0.717) is 33.9 Å². The number of benzene rings is 2. The van der Waals surface area contributed by atoms with Gasteiger partial charge in [0.15, 0.2) is 0 Å². The standard InChI is InChI=1S/C21H25ClN2O4S/c1-13-11-20(14(2)10-18(13)22)29(27,28)23-17-7-4-6-16(12-17)21(26)24-9-5-8-19(24)15(3)25/h4,6-7,10-12,15,19,23,25H,5,8-9H2,1-3H3/t15-,19+/m1/s1. The summed E-state index contributed by atoms with van der Waals surface area (Å²) in [6.07, 6.45) is 0.979. The van der Waals surface area contributed by atoms with Crippen molar-refractivity contribution in [2.75, 3.05) is 11.3 Å². The molecule has 8 heteroatoms. The second kappa shape index (κ2) is 8.34. The van der Waals surface area contributed by atoms with E-state index < -0.39 is 16.1 Å². The van der Waals surface area contributed by atoms with E-state index >= 15 is 0 Å². The minimum absolute atomic E-state index is 0.143. The number of anilines is 1. The van der Waals surface area contributed by atoms with Crippen molar-refractivity contribution < 1.29 is 18.3 Å². The first kappa shape index (κ1) is 21.6. The topological polar surface area (TPSA) is 86.7 Å². The van der Waals surface area contributed by atoms with Crippen LogP contribution in [-0.2, 0) is 10.0 Å². The molecule has 0 unspecified atom stereocenters. The zero-order valence-corrected chi connectivity index (χ0v) is 18.2. The number of aliphatic hydroxyl groups is 1. The predicted molar refractivity (Wildman–Crippen MR) is 114 cm³/mol. The first-order valence-corrected chi connectivity index (χ1v) is 11.3. The van der Waals surface area contributed by atoms with Crippen LogP contribution in [0, 0.1) is 13.8 Å². The predicted octanol–water partition coefficient (Wildman–Crippen LogP) is 3.74. The zero-order valence-electron chi connectivity index (χ0n) is 16.6. The zero-order chi connectivity index (χ0) is 21.3. The Kier molecular flexibility index (Phi) is 6.22. The van der Waals surface area contributed by atoms with Gasteiger partial charge in [0, 0.05) is 22.8 Å². The molecule has 2 aromatic carbocycles. The number of hydrogen-bond acceptors (Lipinski definition) is 4. The van der Waals surface area contributed by atoms with Gasteiger partial charge in [-0.05, 0) is 75.1 Å². The van der Waals surface area contributed by atoms with Crippen LogP contribution in [0.25, 0.3) is 0 Å². The first-order chi connectivity index (χ1) is 13.6. The molecule has 1 heterocycles. The SMILES string of the molecule is Cc1cc(S(=O)(=O)Nc2cccc(C(=O)N3CCC[C@H]3[C@@H](C)O)c2)c(C)cc1Cl. The molecule has 0 radical (unpaired) electrons. The van der Waals surface area contributed by atoms with Crippen LogP contribution in [0.4, 0.5) is 5.69 Å². The van der Waals surface area contributed by atoms with E-state index in [0.717, 1.165) is 12.8 Å². The lowest BCUT2D eigenvalue weighted by molar-refractivity contribution is 0.0538. The van der Waals surface area contributed by atoms with E-state index in [1.165, 1.54) is 12.1 Å². The molecule has 2 aromatic rings. The van der Waals surface area contributed by atoms with Gasteiger partial charge in [0.2, 0.25) is 0 Å². The van der Waals surface area contributed by atoms with Crippen molar-refractivity contribution in [1.29, 1.82) is 0 Å². The fourth-order valence-corrected chi connectivity index (χ4v) is 5.26. The number of aliphatic hydroxyl groups excluding tert-OH is 1. The summed E-state index contributed by atoms with van der Waals surface area (Å²) in [5, 5.41) is 10.4. The molecule has 0 bridgehead atoms. The number of hydrogen-bond donors (Lipinski definition) is 2. The molecular formula is C21H25ClN2O4S. The highest BCUT2D eigenvalue weighted by atomic mass is 35.5. The quantitative estimate of drug-likeness (QED) is 0.747. The molecule has 2 atom stereocenters. The van der Waals surface area contributed by atoms with Crippen LogP contribution in [0.1, 0.15) is 41.3 Å². The lowest BCUT2D eigenvalue weighted by atomic mass is 10.1. The summed E-state index contributed by atoms with van der Waals surface area (Å²) < 4.78 is 28.3. The molecule has 156 valence electrons. The monoisotopic (exact) mass is 436 g/mol. The smallest absolute Gasteiger partial charge is 0.262 e. The van der Waals surface area contributed by atoms with Crippen molar-refractivity contribution in [3.8, 4) is 0 Å². The van der Waals surface area contributed by atoms with Gasteiger partial charge in [0.1, 0.15) is 0 Å². The summed E-state index contributed by atoms with van der Waals surface area (Å²) >= 11 is 6.07. The highest BCUT2D eigenvalue weighted by molar-refractivity contribution is 7.92. The van der Waals surface area contributed by atoms with Gasteiger partial charge in [-0.2, -0.15) is 0 Å². The normalized spacial score (nSPS) is 18.0. The molecule has 1 saturated heterocycles. The summed E-state index contributed by atoms with van der Waals surface area (Å²) in [6, 6.07) is 9.34. The number of sulfonamides is 1. The maximum atomic E-state index is 12.9. The summed E-state index contributed by atoms with van der Waals surface area (Å²) in [5.41, 5.74) is 1.88. The molecule has 1 aliphatic rings. The molecule has 29 heavy (non-hydrogen) atoms. The van der Waals surface area contributed by atoms with Gasteiger partial charge in [-0.1, -0.05) is 17.7 Å². The van der Waals surface area contributed by atoms with Crippen LogP contribution in [-0.4, -0.2) is 43.0 Å². The molecule has 1 amide bonds. The van der Waals surface area contributed by atoms with Crippen LogP contribution < -0.4 is 4.72 Å². The lowest BCUT2D eigenvalue weighted by Gasteiger charge is -2.27. The second-order valence-corrected chi connectivity index (χ2v) is 9.56. The van der Waals surface area contributed by atoms with E-state index in [-0.39, 0.29) is 16.8 Å². The number of nitrogens with one attached hydrogen (secondary N) is 1. The Bertz CT molecular complexity index is 1040. The average molecular weight is 437 g/mol. The van der Waals surface area contributed by atoms with Crippen molar-refractivity contribution in [3.63, 3.8) is 0 Å². The Hall–Kier alpha value is -2.09.